The Hall–Kier alpha value is -0.590. The van der Waals surface area contributed by atoms with Gasteiger partial charge in [-0.3, -0.25) is 4.79 Å². The van der Waals surface area contributed by atoms with Gasteiger partial charge in [-0.2, -0.15) is 0 Å². The molecule has 0 aromatic rings. The minimum Gasteiger partial charge on any atom is -0.299 e. The highest BCUT2D eigenvalue weighted by Crippen LogP contribution is 2.34. The van der Waals surface area contributed by atoms with Gasteiger partial charge in [0.25, 0.3) is 0 Å². The van der Waals surface area contributed by atoms with Crippen LogP contribution >= 0.6 is 0 Å². The van der Waals surface area contributed by atoms with Gasteiger partial charge in [-0.1, -0.05) is 18.6 Å². The van der Waals surface area contributed by atoms with Crippen LogP contribution in [0, 0.1) is 11.8 Å². The summed E-state index contributed by atoms with van der Waals surface area (Å²) in [6, 6.07) is 0. The van der Waals surface area contributed by atoms with Crippen molar-refractivity contribution >= 4 is 5.78 Å². The fourth-order valence-corrected chi connectivity index (χ4v) is 2.48. The lowest BCUT2D eigenvalue weighted by molar-refractivity contribution is -0.124. The van der Waals surface area contributed by atoms with Gasteiger partial charge in [-0.25, -0.2) is 0 Å². The lowest BCUT2D eigenvalue weighted by atomic mass is 9.79. The van der Waals surface area contributed by atoms with E-state index >= 15 is 0 Å². The number of carbonyl (C=O) groups excluding carboxylic acids is 1. The Labute approximate surface area is 73.8 Å². The summed E-state index contributed by atoms with van der Waals surface area (Å²) >= 11 is 0. The van der Waals surface area contributed by atoms with Crippen LogP contribution in [-0.4, -0.2) is 5.78 Å². The van der Waals surface area contributed by atoms with Crippen molar-refractivity contribution in [1.82, 2.24) is 0 Å². The zero-order chi connectivity index (χ0) is 8.39. The van der Waals surface area contributed by atoms with Crippen molar-refractivity contribution < 1.29 is 4.79 Å². The highest BCUT2D eigenvalue weighted by Gasteiger charge is 2.29. The Morgan fingerprint density at radius 2 is 2.00 bits per heavy atom. The molecule has 1 heteroatoms. The summed E-state index contributed by atoms with van der Waals surface area (Å²) in [7, 11) is 0. The molecule has 0 aromatic carbocycles. The molecule has 0 radical (unpaired) electrons. The molecule has 1 fully saturated rings. The molecular formula is C11H16O. The number of ketones is 1. The van der Waals surface area contributed by atoms with Crippen molar-refractivity contribution in [3.63, 3.8) is 0 Å². The average molecular weight is 164 g/mol. The first kappa shape index (κ1) is 8.03. The maximum Gasteiger partial charge on any atom is 0.136 e. The fraction of sp³-hybridized carbons (Fsp3) is 0.727. The van der Waals surface area contributed by atoms with E-state index in [1.165, 1.54) is 12.8 Å². The highest BCUT2D eigenvalue weighted by molar-refractivity contribution is 5.81. The van der Waals surface area contributed by atoms with Crippen LogP contribution in [0.5, 0.6) is 0 Å². The number of carbonyl (C=O) groups is 1. The minimum atomic E-state index is 0.387. The van der Waals surface area contributed by atoms with Gasteiger partial charge in [0.15, 0.2) is 0 Å². The molecule has 12 heavy (non-hydrogen) atoms. The number of allylic oxidation sites excluding steroid dienone is 2. The Kier molecular flexibility index (Phi) is 2.29. The SMILES string of the molecule is O=C1CCCC[C@@H]2CC=CC[C@H]12. The Bertz CT molecular complexity index is 205. The molecule has 0 N–H and O–H groups in total. The summed E-state index contributed by atoms with van der Waals surface area (Å²) in [4.78, 5) is 11.6. The lowest BCUT2D eigenvalue weighted by Crippen LogP contribution is -2.23. The molecular weight excluding hydrogens is 148 g/mol. The molecule has 0 unspecified atom stereocenters. The van der Waals surface area contributed by atoms with Crippen LogP contribution in [0.1, 0.15) is 38.5 Å². The third-order valence-corrected chi connectivity index (χ3v) is 3.23. The van der Waals surface area contributed by atoms with Gasteiger partial charge in [0, 0.05) is 12.3 Å². The Morgan fingerprint density at radius 1 is 1.17 bits per heavy atom. The van der Waals surface area contributed by atoms with Crippen molar-refractivity contribution in [2.24, 2.45) is 11.8 Å². The zero-order valence-electron chi connectivity index (χ0n) is 7.46. The smallest absolute Gasteiger partial charge is 0.136 e. The first-order valence-corrected chi connectivity index (χ1v) is 5.05. The summed E-state index contributed by atoms with van der Waals surface area (Å²) < 4.78 is 0. The highest BCUT2D eigenvalue weighted by atomic mass is 16.1. The number of hydrogen-bond donors (Lipinski definition) is 0. The second kappa shape index (κ2) is 3.42. The molecule has 0 bridgehead atoms. The van der Waals surface area contributed by atoms with Crippen molar-refractivity contribution in [2.45, 2.75) is 38.5 Å². The third-order valence-electron chi connectivity index (χ3n) is 3.23. The van der Waals surface area contributed by atoms with Gasteiger partial charge in [-0.15, -0.1) is 0 Å². The van der Waals surface area contributed by atoms with Gasteiger partial charge in [-0.05, 0) is 31.6 Å². The molecule has 1 nitrogen and oxygen atoms in total. The molecule has 2 aliphatic carbocycles. The van der Waals surface area contributed by atoms with E-state index in [2.05, 4.69) is 12.2 Å². The van der Waals surface area contributed by atoms with E-state index in [-0.39, 0.29) is 0 Å². The molecule has 0 aromatic heterocycles. The van der Waals surface area contributed by atoms with Gasteiger partial charge in [0.1, 0.15) is 5.78 Å². The van der Waals surface area contributed by atoms with Crippen LogP contribution < -0.4 is 0 Å². The van der Waals surface area contributed by atoms with Crippen molar-refractivity contribution in [3.8, 4) is 0 Å². The summed E-state index contributed by atoms with van der Waals surface area (Å²) in [5, 5.41) is 0. The van der Waals surface area contributed by atoms with E-state index < -0.39 is 0 Å². The largest absolute Gasteiger partial charge is 0.299 e. The Morgan fingerprint density at radius 3 is 2.92 bits per heavy atom. The molecule has 0 spiro atoms. The number of fused-ring (bicyclic) bond motifs is 1. The first-order valence-electron chi connectivity index (χ1n) is 5.05. The van der Waals surface area contributed by atoms with E-state index in [0.717, 1.165) is 25.7 Å². The normalized spacial score (nSPS) is 35.8. The summed E-state index contributed by atoms with van der Waals surface area (Å²) in [5.41, 5.74) is 0. The number of hydrogen-bond acceptors (Lipinski definition) is 1. The average Bonchev–Trinajstić information content (AvgIpc) is 2.29. The van der Waals surface area contributed by atoms with Crippen LogP contribution in [-0.2, 0) is 4.79 Å². The predicted molar refractivity (Wildman–Crippen MR) is 48.8 cm³/mol. The van der Waals surface area contributed by atoms with E-state index in [0.29, 0.717) is 17.6 Å². The van der Waals surface area contributed by atoms with Crippen molar-refractivity contribution in [2.75, 3.05) is 0 Å². The standard InChI is InChI=1S/C11H16O/c12-11-8-4-2-6-9-5-1-3-7-10(9)11/h1,3,9-10H,2,4-8H2/t9-,10-/m0/s1. The van der Waals surface area contributed by atoms with Gasteiger partial charge < -0.3 is 0 Å². The molecule has 0 amide bonds. The van der Waals surface area contributed by atoms with Crippen molar-refractivity contribution in [3.05, 3.63) is 12.2 Å². The summed E-state index contributed by atoms with van der Waals surface area (Å²) in [6.45, 7) is 0. The maximum absolute atomic E-state index is 11.6. The zero-order valence-corrected chi connectivity index (χ0v) is 7.46. The predicted octanol–water partition coefficient (Wildman–Crippen LogP) is 2.71. The molecule has 2 atom stereocenters. The molecule has 2 rings (SSSR count). The first-order chi connectivity index (χ1) is 5.88. The second-order valence-corrected chi connectivity index (χ2v) is 4.02. The molecule has 2 aliphatic rings. The van der Waals surface area contributed by atoms with E-state index in [1.54, 1.807) is 0 Å². The quantitative estimate of drug-likeness (QED) is 0.503. The minimum absolute atomic E-state index is 0.387. The van der Waals surface area contributed by atoms with Crippen LogP contribution in [0.2, 0.25) is 0 Å². The second-order valence-electron chi connectivity index (χ2n) is 4.02. The maximum atomic E-state index is 11.6. The molecule has 0 saturated heterocycles. The third kappa shape index (κ3) is 1.45. The van der Waals surface area contributed by atoms with E-state index in [9.17, 15) is 4.79 Å². The van der Waals surface area contributed by atoms with Crippen LogP contribution in [0.4, 0.5) is 0 Å². The molecule has 0 aliphatic heterocycles. The molecule has 0 heterocycles. The van der Waals surface area contributed by atoms with Crippen LogP contribution in [0.25, 0.3) is 0 Å². The summed E-state index contributed by atoms with van der Waals surface area (Å²) in [5.74, 6) is 1.60. The van der Waals surface area contributed by atoms with Crippen LogP contribution in [0.3, 0.4) is 0 Å². The van der Waals surface area contributed by atoms with Gasteiger partial charge in [0.2, 0.25) is 0 Å². The van der Waals surface area contributed by atoms with Crippen molar-refractivity contribution in [1.29, 1.82) is 0 Å². The molecule has 1 saturated carbocycles. The lowest BCUT2D eigenvalue weighted by Gasteiger charge is -2.24. The molecule has 66 valence electrons. The topological polar surface area (TPSA) is 17.1 Å². The fourth-order valence-electron chi connectivity index (χ4n) is 2.48. The summed E-state index contributed by atoms with van der Waals surface area (Å²) in [6.07, 6.45) is 11.1. The monoisotopic (exact) mass is 164 g/mol. The van der Waals surface area contributed by atoms with Gasteiger partial charge >= 0.3 is 0 Å². The van der Waals surface area contributed by atoms with Gasteiger partial charge in [0.05, 0.1) is 0 Å². The van der Waals surface area contributed by atoms with Crippen LogP contribution in [0.15, 0.2) is 12.2 Å². The Balaban J connectivity index is 2.13. The van der Waals surface area contributed by atoms with E-state index in [4.69, 9.17) is 0 Å². The van der Waals surface area contributed by atoms with E-state index in [1.807, 2.05) is 0 Å². The number of rotatable bonds is 0. The number of Topliss-reactive ketones (excluding diaryl/α,β-unsaturated/α-hetero) is 1.